The molecule has 0 bridgehead atoms. The van der Waals surface area contributed by atoms with E-state index in [1.807, 2.05) is 19.1 Å². The molecule has 0 radical (unpaired) electrons. The van der Waals surface area contributed by atoms with Gasteiger partial charge in [0.2, 0.25) is 5.88 Å². The van der Waals surface area contributed by atoms with Gasteiger partial charge in [-0.05, 0) is 30.7 Å². The molecule has 1 heterocycles. The first-order chi connectivity index (χ1) is 8.56. The number of aryl methyl sites for hydroxylation is 1. The Morgan fingerprint density at radius 1 is 1.33 bits per heavy atom. The molecule has 1 aromatic carbocycles. The van der Waals surface area contributed by atoms with Crippen molar-refractivity contribution >= 4 is 17.4 Å². The molecule has 0 aliphatic rings. The van der Waals surface area contributed by atoms with E-state index in [4.69, 9.17) is 27.5 Å². The lowest BCUT2D eigenvalue weighted by atomic mass is 10.2. The molecule has 92 valence electrons. The summed E-state index contributed by atoms with van der Waals surface area (Å²) in [5.74, 6) is 0.940. The van der Waals surface area contributed by atoms with Crippen molar-refractivity contribution in [3.05, 3.63) is 52.7 Å². The molecule has 0 saturated heterocycles. The Kier molecular flexibility index (Phi) is 3.48. The molecule has 5 heteroatoms. The lowest BCUT2D eigenvalue weighted by Gasteiger charge is -2.07. The van der Waals surface area contributed by atoms with Crippen molar-refractivity contribution in [2.45, 2.75) is 6.92 Å². The van der Waals surface area contributed by atoms with Crippen molar-refractivity contribution in [3.8, 4) is 11.6 Å². The molecule has 4 nitrogen and oxygen atoms in total. The molecule has 0 atom stereocenters. The minimum atomic E-state index is -0.0253. The van der Waals surface area contributed by atoms with Crippen molar-refractivity contribution in [3.63, 3.8) is 0 Å². The third kappa shape index (κ3) is 2.78. The minimum absolute atomic E-state index is 0.0253. The van der Waals surface area contributed by atoms with E-state index < -0.39 is 0 Å². The first-order valence-corrected chi connectivity index (χ1v) is 5.68. The van der Waals surface area contributed by atoms with Crippen LogP contribution in [-0.2, 0) is 0 Å². The average Bonchev–Trinajstić information content (AvgIpc) is 2.34. The molecule has 3 N–H and O–H groups in total. The summed E-state index contributed by atoms with van der Waals surface area (Å²) >= 11 is 6.02. The van der Waals surface area contributed by atoms with E-state index in [0.717, 1.165) is 5.56 Å². The fourth-order valence-electron chi connectivity index (χ4n) is 1.40. The monoisotopic (exact) mass is 261 g/mol. The minimum Gasteiger partial charge on any atom is -0.437 e. The van der Waals surface area contributed by atoms with Gasteiger partial charge < -0.3 is 10.5 Å². The van der Waals surface area contributed by atoms with Crippen LogP contribution in [0, 0.1) is 12.3 Å². The predicted octanol–water partition coefficient (Wildman–Crippen LogP) is 3.12. The summed E-state index contributed by atoms with van der Waals surface area (Å²) < 4.78 is 5.57. The number of ether oxygens (including phenoxy) is 1. The normalized spacial score (nSPS) is 10.1. The third-order valence-electron chi connectivity index (χ3n) is 2.35. The van der Waals surface area contributed by atoms with Gasteiger partial charge in [0.1, 0.15) is 11.6 Å². The molecular weight excluding hydrogens is 250 g/mol. The molecule has 18 heavy (non-hydrogen) atoms. The van der Waals surface area contributed by atoms with E-state index in [1.54, 1.807) is 18.2 Å². The molecule has 0 aliphatic carbocycles. The van der Waals surface area contributed by atoms with Gasteiger partial charge in [-0.1, -0.05) is 17.7 Å². The molecule has 0 unspecified atom stereocenters. The van der Waals surface area contributed by atoms with Crippen LogP contribution in [0.4, 0.5) is 0 Å². The van der Waals surface area contributed by atoms with Crippen molar-refractivity contribution < 1.29 is 4.74 Å². The first kappa shape index (κ1) is 12.4. The quantitative estimate of drug-likeness (QED) is 0.659. The molecule has 0 amide bonds. The maximum absolute atomic E-state index is 7.27. The second-order valence-electron chi connectivity index (χ2n) is 3.83. The maximum Gasteiger partial charge on any atom is 0.219 e. The number of benzene rings is 1. The van der Waals surface area contributed by atoms with Gasteiger partial charge >= 0.3 is 0 Å². The largest absolute Gasteiger partial charge is 0.437 e. The predicted molar refractivity (Wildman–Crippen MR) is 71.5 cm³/mol. The van der Waals surface area contributed by atoms with Crippen molar-refractivity contribution in [1.29, 1.82) is 5.41 Å². The van der Waals surface area contributed by atoms with Crippen LogP contribution >= 0.6 is 11.6 Å². The van der Waals surface area contributed by atoms with Crippen LogP contribution in [0.1, 0.15) is 11.1 Å². The molecule has 1 aromatic heterocycles. The van der Waals surface area contributed by atoms with Gasteiger partial charge in [-0.15, -0.1) is 0 Å². The number of pyridine rings is 1. The van der Waals surface area contributed by atoms with E-state index in [1.165, 1.54) is 6.20 Å². The van der Waals surface area contributed by atoms with Crippen LogP contribution in [0.3, 0.4) is 0 Å². The van der Waals surface area contributed by atoms with Crippen molar-refractivity contribution in [2.75, 3.05) is 0 Å². The topological polar surface area (TPSA) is 72.0 Å². The van der Waals surface area contributed by atoms with E-state index in [9.17, 15) is 0 Å². The van der Waals surface area contributed by atoms with Crippen LogP contribution in [0.2, 0.25) is 5.02 Å². The second-order valence-corrected chi connectivity index (χ2v) is 4.24. The van der Waals surface area contributed by atoms with Crippen LogP contribution in [-0.4, -0.2) is 10.8 Å². The Labute approximate surface area is 110 Å². The number of rotatable bonds is 3. The highest BCUT2D eigenvalue weighted by molar-refractivity contribution is 6.32. The van der Waals surface area contributed by atoms with Gasteiger partial charge in [-0.3, -0.25) is 5.41 Å². The summed E-state index contributed by atoms with van der Waals surface area (Å²) in [6, 6.07) is 8.84. The fourth-order valence-corrected chi connectivity index (χ4v) is 1.56. The van der Waals surface area contributed by atoms with Gasteiger partial charge in [0.25, 0.3) is 0 Å². The van der Waals surface area contributed by atoms with Gasteiger partial charge in [0.15, 0.2) is 0 Å². The third-order valence-corrected chi connectivity index (χ3v) is 2.66. The highest BCUT2D eigenvalue weighted by Gasteiger charge is 2.05. The summed E-state index contributed by atoms with van der Waals surface area (Å²) in [5.41, 5.74) is 6.95. The van der Waals surface area contributed by atoms with E-state index >= 15 is 0 Å². The van der Waals surface area contributed by atoms with E-state index in [0.29, 0.717) is 22.2 Å². The van der Waals surface area contributed by atoms with Gasteiger partial charge in [0.05, 0.1) is 5.02 Å². The SMILES string of the molecule is Cc1ccc(Cl)c(Oc2ccc(C(=N)N)cn2)c1. The van der Waals surface area contributed by atoms with Gasteiger partial charge in [0, 0.05) is 17.8 Å². The van der Waals surface area contributed by atoms with Crippen LogP contribution < -0.4 is 10.5 Å². The zero-order valence-corrected chi connectivity index (χ0v) is 10.5. The lowest BCUT2D eigenvalue weighted by molar-refractivity contribution is 0.463. The highest BCUT2D eigenvalue weighted by Crippen LogP contribution is 2.29. The van der Waals surface area contributed by atoms with E-state index in [2.05, 4.69) is 4.98 Å². The summed E-state index contributed by atoms with van der Waals surface area (Å²) in [4.78, 5) is 4.06. The van der Waals surface area contributed by atoms with Gasteiger partial charge in [-0.25, -0.2) is 4.98 Å². The Hall–Kier alpha value is -2.07. The van der Waals surface area contributed by atoms with Gasteiger partial charge in [-0.2, -0.15) is 0 Å². The number of nitrogens with zero attached hydrogens (tertiary/aromatic N) is 1. The number of nitrogen functional groups attached to an aromatic ring is 1. The summed E-state index contributed by atoms with van der Waals surface area (Å²) in [6.45, 7) is 1.95. The number of hydrogen-bond donors (Lipinski definition) is 2. The Bertz CT molecular complexity index is 581. The molecule has 0 fully saturated rings. The Morgan fingerprint density at radius 3 is 2.72 bits per heavy atom. The summed E-state index contributed by atoms with van der Waals surface area (Å²) in [5, 5.41) is 7.79. The summed E-state index contributed by atoms with van der Waals surface area (Å²) in [7, 11) is 0. The van der Waals surface area contributed by atoms with Crippen molar-refractivity contribution in [1.82, 2.24) is 4.98 Å². The average molecular weight is 262 g/mol. The number of hydrogen-bond acceptors (Lipinski definition) is 3. The molecular formula is C13H12ClN3O. The molecule has 0 aliphatic heterocycles. The fraction of sp³-hybridized carbons (Fsp3) is 0.0769. The maximum atomic E-state index is 7.27. The van der Waals surface area contributed by atoms with Crippen LogP contribution in [0.15, 0.2) is 36.5 Å². The molecule has 2 aromatic rings. The molecule has 0 saturated carbocycles. The zero-order chi connectivity index (χ0) is 13.1. The zero-order valence-electron chi connectivity index (χ0n) is 9.77. The highest BCUT2D eigenvalue weighted by atomic mass is 35.5. The van der Waals surface area contributed by atoms with Crippen LogP contribution in [0.5, 0.6) is 11.6 Å². The molecule has 2 rings (SSSR count). The number of amidine groups is 1. The second kappa shape index (κ2) is 5.06. The Balaban J connectivity index is 2.23. The standard InChI is InChI=1S/C13H12ClN3O/c1-8-2-4-10(14)11(6-8)18-12-5-3-9(7-17-12)13(15)16/h2-7H,1H3,(H3,15,16). The number of halogens is 1. The van der Waals surface area contributed by atoms with Crippen LogP contribution in [0.25, 0.3) is 0 Å². The number of nitrogens with one attached hydrogen (secondary N) is 1. The molecule has 0 spiro atoms. The lowest BCUT2D eigenvalue weighted by Crippen LogP contribution is -2.11. The number of nitrogens with two attached hydrogens (primary N) is 1. The summed E-state index contributed by atoms with van der Waals surface area (Å²) in [6.07, 6.45) is 1.49. The van der Waals surface area contributed by atoms with Crippen molar-refractivity contribution in [2.24, 2.45) is 5.73 Å². The number of aromatic nitrogens is 1. The smallest absolute Gasteiger partial charge is 0.219 e. The Morgan fingerprint density at radius 2 is 2.11 bits per heavy atom. The first-order valence-electron chi connectivity index (χ1n) is 5.31. The van der Waals surface area contributed by atoms with E-state index in [-0.39, 0.29) is 5.84 Å².